The summed E-state index contributed by atoms with van der Waals surface area (Å²) in [6, 6.07) is 5.55. The van der Waals surface area contributed by atoms with E-state index in [1.54, 1.807) is 7.11 Å². The Morgan fingerprint density at radius 1 is 1.29 bits per heavy atom. The fourth-order valence-corrected chi connectivity index (χ4v) is 1.50. The Kier molecular flexibility index (Phi) is 5.80. The third-order valence-electron chi connectivity index (χ3n) is 2.63. The van der Waals surface area contributed by atoms with Crippen LogP contribution in [0.25, 0.3) is 0 Å². The summed E-state index contributed by atoms with van der Waals surface area (Å²) in [5.74, 6) is 1.47. The highest BCUT2D eigenvalue weighted by molar-refractivity contribution is 5.43. The van der Waals surface area contributed by atoms with Gasteiger partial charge in [-0.3, -0.25) is 0 Å². The Hall–Kier alpha value is -1.26. The number of unbranched alkanes of at least 4 members (excludes halogenated alkanes) is 1. The second kappa shape index (κ2) is 7.14. The molecular weight excluding hydrogens is 216 g/mol. The number of nitrogens with two attached hydrogens (primary N) is 2. The van der Waals surface area contributed by atoms with Crippen LogP contribution in [0, 0.1) is 0 Å². The SMILES string of the molecule is CCCCOc1ccc([C@@H](N)CN)cc1OC. The molecule has 0 radical (unpaired) electrons. The van der Waals surface area contributed by atoms with Crippen molar-refractivity contribution < 1.29 is 9.47 Å². The highest BCUT2D eigenvalue weighted by atomic mass is 16.5. The molecule has 0 amide bonds. The molecule has 0 fully saturated rings. The molecule has 0 aliphatic rings. The van der Waals surface area contributed by atoms with Crippen LogP contribution in [0.4, 0.5) is 0 Å². The summed E-state index contributed by atoms with van der Waals surface area (Å²) in [5, 5.41) is 0. The van der Waals surface area contributed by atoms with Crippen LogP contribution in [-0.2, 0) is 0 Å². The number of rotatable bonds is 7. The quantitative estimate of drug-likeness (QED) is 0.711. The first-order valence-electron chi connectivity index (χ1n) is 5.99. The number of hydrogen-bond donors (Lipinski definition) is 2. The van der Waals surface area contributed by atoms with E-state index in [0.29, 0.717) is 18.9 Å². The van der Waals surface area contributed by atoms with Gasteiger partial charge in [0.1, 0.15) is 0 Å². The zero-order valence-corrected chi connectivity index (χ0v) is 10.6. The lowest BCUT2D eigenvalue weighted by molar-refractivity contribution is 0.288. The monoisotopic (exact) mass is 238 g/mol. The van der Waals surface area contributed by atoms with Gasteiger partial charge < -0.3 is 20.9 Å². The fourth-order valence-electron chi connectivity index (χ4n) is 1.50. The van der Waals surface area contributed by atoms with Gasteiger partial charge in [0.25, 0.3) is 0 Å². The molecule has 1 aromatic carbocycles. The average Bonchev–Trinajstić information content (AvgIpc) is 2.38. The predicted octanol–water partition coefficient (Wildman–Crippen LogP) is 1.83. The first-order chi connectivity index (χ1) is 8.22. The molecule has 4 heteroatoms. The van der Waals surface area contributed by atoms with Gasteiger partial charge in [-0.25, -0.2) is 0 Å². The van der Waals surface area contributed by atoms with E-state index in [4.69, 9.17) is 20.9 Å². The van der Waals surface area contributed by atoms with E-state index in [0.717, 1.165) is 24.2 Å². The van der Waals surface area contributed by atoms with Crippen LogP contribution in [0.15, 0.2) is 18.2 Å². The molecule has 17 heavy (non-hydrogen) atoms. The first-order valence-corrected chi connectivity index (χ1v) is 5.99. The van der Waals surface area contributed by atoms with Crippen molar-refractivity contribution in [2.75, 3.05) is 20.3 Å². The molecule has 1 rings (SSSR count). The molecule has 4 nitrogen and oxygen atoms in total. The van der Waals surface area contributed by atoms with Gasteiger partial charge in [-0.15, -0.1) is 0 Å². The van der Waals surface area contributed by atoms with E-state index in [9.17, 15) is 0 Å². The van der Waals surface area contributed by atoms with Gasteiger partial charge >= 0.3 is 0 Å². The van der Waals surface area contributed by atoms with Crippen molar-refractivity contribution in [1.29, 1.82) is 0 Å². The van der Waals surface area contributed by atoms with Gasteiger partial charge in [-0.2, -0.15) is 0 Å². The van der Waals surface area contributed by atoms with Crippen molar-refractivity contribution in [2.45, 2.75) is 25.8 Å². The van der Waals surface area contributed by atoms with Crippen molar-refractivity contribution in [1.82, 2.24) is 0 Å². The Balaban J connectivity index is 2.78. The van der Waals surface area contributed by atoms with Crippen LogP contribution in [-0.4, -0.2) is 20.3 Å². The number of benzene rings is 1. The average molecular weight is 238 g/mol. The molecule has 96 valence electrons. The Morgan fingerprint density at radius 2 is 2.06 bits per heavy atom. The minimum absolute atomic E-state index is 0.159. The topological polar surface area (TPSA) is 70.5 Å². The minimum atomic E-state index is -0.159. The zero-order chi connectivity index (χ0) is 12.7. The van der Waals surface area contributed by atoms with Gasteiger partial charge in [0, 0.05) is 12.6 Å². The highest BCUT2D eigenvalue weighted by Crippen LogP contribution is 2.29. The summed E-state index contributed by atoms with van der Waals surface area (Å²) >= 11 is 0. The van der Waals surface area contributed by atoms with Gasteiger partial charge in [-0.05, 0) is 24.1 Å². The third kappa shape index (κ3) is 3.91. The first kappa shape index (κ1) is 13.8. The second-order valence-corrected chi connectivity index (χ2v) is 3.95. The molecule has 0 saturated carbocycles. The molecule has 4 N–H and O–H groups in total. The molecule has 1 aromatic rings. The molecule has 0 saturated heterocycles. The summed E-state index contributed by atoms with van der Waals surface area (Å²) in [6.45, 7) is 3.25. The Morgan fingerprint density at radius 3 is 2.65 bits per heavy atom. The third-order valence-corrected chi connectivity index (χ3v) is 2.63. The van der Waals surface area contributed by atoms with Crippen LogP contribution in [0.3, 0.4) is 0 Å². The smallest absolute Gasteiger partial charge is 0.161 e. The molecule has 1 atom stereocenters. The lowest BCUT2D eigenvalue weighted by Gasteiger charge is -2.14. The molecule has 0 unspecified atom stereocenters. The van der Waals surface area contributed by atoms with Gasteiger partial charge in [0.15, 0.2) is 11.5 Å². The summed E-state index contributed by atoms with van der Waals surface area (Å²) in [4.78, 5) is 0. The van der Waals surface area contributed by atoms with E-state index in [-0.39, 0.29) is 6.04 Å². The second-order valence-electron chi connectivity index (χ2n) is 3.95. The zero-order valence-electron chi connectivity index (χ0n) is 10.6. The molecule has 0 spiro atoms. The molecule has 0 heterocycles. The van der Waals surface area contributed by atoms with Crippen LogP contribution in [0.1, 0.15) is 31.4 Å². The van der Waals surface area contributed by atoms with Crippen LogP contribution in [0.5, 0.6) is 11.5 Å². The largest absolute Gasteiger partial charge is 0.493 e. The van der Waals surface area contributed by atoms with Gasteiger partial charge in [-0.1, -0.05) is 19.4 Å². The molecule has 0 aliphatic carbocycles. The van der Waals surface area contributed by atoms with Crippen LogP contribution < -0.4 is 20.9 Å². The van der Waals surface area contributed by atoms with Crippen molar-refractivity contribution in [2.24, 2.45) is 11.5 Å². The summed E-state index contributed by atoms with van der Waals surface area (Å²) in [6.07, 6.45) is 2.14. The molecular formula is C13H22N2O2. The maximum absolute atomic E-state index is 5.87. The molecule has 0 aromatic heterocycles. The van der Waals surface area contributed by atoms with Gasteiger partial charge in [0.2, 0.25) is 0 Å². The number of hydrogen-bond acceptors (Lipinski definition) is 4. The van der Waals surface area contributed by atoms with E-state index < -0.39 is 0 Å². The van der Waals surface area contributed by atoms with E-state index >= 15 is 0 Å². The van der Waals surface area contributed by atoms with Crippen molar-refractivity contribution >= 4 is 0 Å². The summed E-state index contributed by atoms with van der Waals surface area (Å²) in [5.41, 5.74) is 12.4. The van der Waals surface area contributed by atoms with Crippen LogP contribution >= 0.6 is 0 Å². The molecule has 0 aliphatic heterocycles. The van der Waals surface area contributed by atoms with Crippen LogP contribution in [0.2, 0.25) is 0 Å². The minimum Gasteiger partial charge on any atom is -0.493 e. The highest BCUT2D eigenvalue weighted by Gasteiger charge is 2.09. The lowest BCUT2D eigenvalue weighted by Crippen LogP contribution is -2.20. The van der Waals surface area contributed by atoms with E-state index in [1.807, 2.05) is 18.2 Å². The lowest BCUT2D eigenvalue weighted by atomic mass is 10.1. The predicted molar refractivity (Wildman–Crippen MR) is 69.4 cm³/mol. The van der Waals surface area contributed by atoms with Crippen molar-refractivity contribution in [3.63, 3.8) is 0 Å². The number of ether oxygens (including phenoxy) is 2. The fraction of sp³-hybridized carbons (Fsp3) is 0.538. The van der Waals surface area contributed by atoms with E-state index in [1.165, 1.54) is 0 Å². The van der Waals surface area contributed by atoms with Gasteiger partial charge in [0.05, 0.1) is 13.7 Å². The Bertz CT molecular complexity index is 342. The van der Waals surface area contributed by atoms with Crippen molar-refractivity contribution in [3.8, 4) is 11.5 Å². The van der Waals surface area contributed by atoms with E-state index in [2.05, 4.69) is 6.92 Å². The number of methoxy groups -OCH3 is 1. The molecule has 0 bridgehead atoms. The summed E-state index contributed by atoms with van der Waals surface area (Å²) < 4.78 is 10.9. The maximum Gasteiger partial charge on any atom is 0.161 e. The standard InChI is InChI=1S/C13H22N2O2/c1-3-4-7-17-12-6-5-10(11(15)9-14)8-13(12)16-2/h5-6,8,11H,3-4,7,9,14-15H2,1-2H3/t11-/m0/s1. The van der Waals surface area contributed by atoms with Crippen molar-refractivity contribution in [3.05, 3.63) is 23.8 Å². The normalized spacial score (nSPS) is 12.2. The Labute approximate surface area is 103 Å². The summed E-state index contributed by atoms with van der Waals surface area (Å²) in [7, 11) is 1.62. The maximum atomic E-state index is 5.87.